The van der Waals surface area contributed by atoms with Crippen LogP contribution in [0.1, 0.15) is 50.6 Å². The van der Waals surface area contributed by atoms with Crippen LogP contribution in [0, 0.1) is 25.2 Å². The zero-order valence-electron chi connectivity index (χ0n) is 15.7. The van der Waals surface area contributed by atoms with Crippen molar-refractivity contribution >= 4 is 18.0 Å². The molecule has 0 aromatic carbocycles. The van der Waals surface area contributed by atoms with E-state index >= 15 is 0 Å². The van der Waals surface area contributed by atoms with Gasteiger partial charge in [-0.1, -0.05) is 13.8 Å². The van der Waals surface area contributed by atoms with Crippen LogP contribution in [0.4, 0.5) is 0 Å². The van der Waals surface area contributed by atoms with E-state index in [0.29, 0.717) is 0 Å². The Bertz CT molecular complexity index is 696. The van der Waals surface area contributed by atoms with Crippen molar-refractivity contribution in [3.8, 4) is 6.07 Å². The summed E-state index contributed by atoms with van der Waals surface area (Å²) in [7, 11) is 0. The third-order valence-corrected chi connectivity index (χ3v) is 4.05. The second-order valence-corrected chi connectivity index (χ2v) is 6.10. The number of rotatable bonds is 8. The first-order valence-corrected chi connectivity index (χ1v) is 8.58. The second-order valence-electron chi connectivity index (χ2n) is 6.10. The number of carbonyl (C=O) groups is 2. The van der Waals surface area contributed by atoms with Gasteiger partial charge >= 0.3 is 5.97 Å². The standard InChI is InChI=1S/C19H27N3O3/c1-6-8-22-14(4)9-16(15(22)5)10-17(11-20)19(24)25-12-18(23)21-13(3)7-2/h9-10,13H,6-8,12H2,1-5H3,(H,21,23)/b17-10+/t13-/m1/s1. The summed E-state index contributed by atoms with van der Waals surface area (Å²) < 4.78 is 7.09. The first-order chi connectivity index (χ1) is 11.8. The van der Waals surface area contributed by atoms with E-state index in [4.69, 9.17) is 4.74 Å². The fourth-order valence-electron chi connectivity index (χ4n) is 2.46. The highest BCUT2D eigenvalue weighted by molar-refractivity contribution is 5.99. The molecular formula is C19H27N3O3. The first kappa shape index (κ1) is 20.5. The van der Waals surface area contributed by atoms with Gasteiger partial charge in [0.05, 0.1) is 0 Å². The summed E-state index contributed by atoms with van der Waals surface area (Å²) in [5, 5.41) is 12.0. The van der Waals surface area contributed by atoms with Gasteiger partial charge in [0, 0.05) is 24.0 Å². The second kappa shape index (κ2) is 9.67. The van der Waals surface area contributed by atoms with Crippen molar-refractivity contribution in [1.29, 1.82) is 5.26 Å². The summed E-state index contributed by atoms with van der Waals surface area (Å²) in [6, 6.07) is 3.81. The average Bonchev–Trinajstić information content (AvgIpc) is 2.85. The van der Waals surface area contributed by atoms with E-state index in [1.807, 2.05) is 39.8 Å². The molecule has 1 aromatic heterocycles. The minimum atomic E-state index is -0.790. The lowest BCUT2D eigenvalue weighted by Crippen LogP contribution is -2.35. The summed E-state index contributed by atoms with van der Waals surface area (Å²) in [6.45, 7) is 10.3. The van der Waals surface area contributed by atoms with Gasteiger partial charge in [0.1, 0.15) is 11.6 Å². The third kappa shape index (κ3) is 5.79. The predicted molar refractivity (Wildman–Crippen MR) is 96.6 cm³/mol. The molecule has 0 spiro atoms. The van der Waals surface area contributed by atoms with Crippen LogP contribution in [0.5, 0.6) is 0 Å². The number of nitrogens with one attached hydrogen (secondary N) is 1. The van der Waals surface area contributed by atoms with Crippen LogP contribution in [0.3, 0.4) is 0 Å². The zero-order chi connectivity index (χ0) is 19.0. The van der Waals surface area contributed by atoms with Crippen LogP contribution in [-0.2, 0) is 20.9 Å². The number of amides is 1. The summed E-state index contributed by atoms with van der Waals surface area (Å²) in [5.74, 6) is -1.16. The lowest BCUT2D eigenvalue weighted by atomic mass is 10.1. The van der Waals surface area contributed by atoms with Gasteiger partial charge in [-0.05, 0) is 51.3 Å². The molecule has 1 aromatic rings. The molecule has 6 nitrogen and oxygen atoms in total. The molecule has 0 aliphatic carbocycles. The maximum Gasteiger partial charge on any atom is 0.349 e. The van der Waals surface area contributed by atoms with Crippen molar-refractivity contribution in [3.63, 3.8) is 0 Å². The molecule has 0 saturated heterocycles. The summed E-state index contributed by atoms with van der Waals surface area (Å²) in [5.41, 5.74) is 2.76. The van der Waals surface area contributed by atoms with Gasteiger partial charge < -0.3 is 14.6 Å². The molecule has 0 unspecified atom stereocenters. The Morgan fingerprint density at radius 1 is 1.40 bits per heavy atom. The Morgan fingerprint density at radius 2 is 2.08 bits per heavy atom. The number of nitrogens with zero attached hydrogens (tertiary/aromatic N) is 2. The van der Waals surface area contributed by atoms with Crippen LogP contribution in [0.2, 0.25) is 0 Å². The van der Waals surface area contributed by atoms with Gasteiger partial charge in [0.25, 0.3) is 5.91 Å². The molecule has 1 heterocycles. The molecule has 25 heavy (non-hydrogen) atoms. The highest BCUT2D eigenvalue weighted by Crippen LogP contribution is 2.19. The Hall–Kier alpha value is -2.55. The summed E-state index contributed by atoms with van der Waals surface area (Å²) in [6.07, 6.45) is 3.30. The molecule has 0 fully saturated rings. The van der Waals surface area contributed by atoms with Gasteiger partial charge in [0.15, 0.2) is 6.61 Å². The molecule has 1 rings (SSSR count). The molecule has 0 radical (unpaired) electrons. The topological polar surface area (TPSA) is 84.1 Å². The number of carbonyl (C=O) groups excluding carboxylic acids is 2. The lowest BCUT2D eigenvalue weighted by Gasteiger charge is -2.11. The highest BCUT2D eigenvalue weighted by atomic mass is 16.5. The van der Waals surface area contributed by atoms with E-state index < -0.39 is 12.6 Å². The van der Waals surface area contributed by atoms with Crippen molar-refractivity contribution < 1.29 is 14.3 Å². The molecule has 1 atom stereocenters. The van der Waals surface area contributed by atoms with Gasteiger partial charge in [0.2, 0.25) is 0 Å². The van der Waals surface area contributed by atoms with Crippen LogP contribution >= 0.6 is 0 Å². The molecule has 0 aliphatic rings. The molecular weight excluding hydrogens is 318 g/mol. The van der Waals surface area contributed by atoms with Crippen LogP contribution in [0.25, 0.3) is 6.08 Å². The van der Waals surface area contributed by atoms with Gasteiger partial charge in [-0.2, -0.15) is 5.26 Å². The lowest BCUT2D eigenvalue weighted by molar-refractivity contribution is -0.144. The van der Waals surface area contributed by atoms with Gasteiger partial charge in [-0.3, -0.25) is 4.79 Å². The van der Waals surface area contributed by atoms with E-state index in [2.05, 4.69) is 16.8 Å². The third-order valence-electron chi connectivity index (χ3n) is 4.05. The maximum absolute atomic E-state index is 12.1. The van der Waals surface area contributed by atoms with E-state index in [-0.39, 0.29) is 17.5 Å². The Morgan fingerprint density at radius 3 is 2.64 bits per heavy atom. The van der Waals surface area contributed by atoms with E-state index in [9.17, 15) is 14.9 Å². The van der Waals surface area contributed by atoms with E-state index in [1.54, 1.807) is 0 Å². The van der Waals surface area contributed by atoms with Gasteiger partial charge in [-0.25, -0.2) is 4.79 Å². The minimum absolute atomic E-state index is 0.0149. The summed E-state index contributed by atoms with van der Waals surface area (Å²) in [4.78, 5) is 23.7. The molecule has 0 bridgehead atoms. The molecule has 6 heteroatoms. The van der Waals surface area contributed by atoms with Crippen LogP contribution in [-0.4, -0.2) is 29.1 Å². The molecule has 136 valence electrons. The average molecular weight is 345 g/mol. The number of hydrogen-bond donors (Lipinski definition) is 1. The summed E-state index contributed by atoms with van der Waals surface area (Å²) >= 11 is 0. The molecule has 0 saturated carbocycles. The number of aromatic nitrogens is 1. The molecule has 1 amide bonds. The number of esters is 1. The Kier molecular flexibility index (Phi) is 7.93. The molecule has 0 aliphatic heterocycles. The highest BCUT2D eigenvalue weighted by Gasteiger charge is 2.16. The van der Waals surface area contributed by atoms with Crippen molar-refractivity contribution in [3.05, 3.63) is 28.6 Å². The Labute approximate surface area is 149 Å². The SMILES string of the molecule is CCCn1c(C)cc(/C=C(\C#N)C(=O)OCC(=O)N[C@H](C)CC)c1C. The number of aryl methyl sites for hydroxylation is 1. The van der Waals surface area contributed by atoms with E-state index in [0.717, 1.165) is 36.3 Å². The normalized spacial score (nSPS) is 12.4. The van der Waals surface area contributed by atoms with Crippen molar-refractivity contribution in [2.75, 3.05) is 6.61 Å². The number of hydrogen-bond acceptors (Lipinski definition) is 4. The van der Waals surface area contributed by atoms with Gasteiger partial charge in [-0.15, -0.1) is 0 Å². The van der Waals surface area contributed by atoms with Crippen molar-refractivity contribution in [2.45, 2.75) is 60.0 Å². The van der Waals surface area contributed by atoms with Crippen molar-refractivity contribution in [1.82, 2.24) is 9.88 Å². The van der Waals surface area contributed by atoms with Crippen LogP contribution < -0.4 is 5.32 Å². The predicted octanol–water partition coefficient (Wildman–Crippen LogP) is 2.88. The minimum Gasteiger partial charge on any atom is -0.451 e. The Balaban J connectivity index is 2.83. The van der Waals surface area contributed by atoms with Crippen LogP contribution in [0.15, 0.2) is 11.6 Å². The number of nitriles is 1. The largest absolute Gasteiger partial charge is 0.451 e. The fourth-order valence-corrected chi connectivity index (χ4v) is 2.46. The monoisotopic (exact) mass is 345 g/mol. The fraction of sp³-hybridized carbons (Fsp3) is 0.526. The van der Waals surface area contributed by atoms with Crippen molar-refractivity contribution in [2.24, 2.45) is 0 Å². The zero-order valence-corrected chi connectivity index (χ0v) is 15.7. The first-order valence-electron chi connectivity index (χ1n) is 8.58. The smallest absolute Gasteiger partial charge is 0.349 e. The number of ether oxygens (including phenoxy) is 1. The quantitative estimate of drug-likeness (QED) is 0.446. The molecule has 1 N–H and O–H groups in total. The van der Waals surface area contributed by atoms with E-state index in [1.165, 1.54) is 6.08 Å². The maximum atomic E-state index is 12.1.